The lowest BCUT2D eigenvalue weighted by molar-refractivity contribution is -0.119. The Morgan fingerprint density at radius 3 is 2.41 bits per heavy atom. The number of anilines is 1. The standard InChI is InChI=1S/C18H15F2NO6/c1-25-14-6-3-10(8-22)16(17(14)26-2)18(24)27-9-15(23)21-11-4-5-12(19)13(20)7-11/h3-8H,9H2,1-2H3,(H,21,23). The lowest BCUT2D eigenvalue weighted by atomic mass is 10.1. The van der Waals surface area contributed by atoms with Crippen molar-refractivity contribution >= 4 is 23.9 Å². The molecule has 0 aromatic heterocycles. The Bertz CT molecular complexity index is 884. The number of halogens is 2. The minimum Gasteiger partial charge on any atom is -0.493 e. The molecule has 0 radical (unpaired) electrons. The molecule has 0 heterocycles. The van der Waals surface area contributed by atoms with Crippen molar-refractivity contribution in [2.75, 3.05) is 26.1 Å². The number of hydrogen-bond acceptors (Lipinski definition) is 6. The third-order valence-corrected chi connectivity index (χ3v) is 3.45. The first-order chi connectivity index (χ1) is 12.9. The fraction of sp³-hybridized carbons (Fsp3) is 0.167. The zero-order valence-electron chi connectivity index (χ0n) is 14.4. The molecule has 0 aliphatic rings. The van der Waals surface area contributed by atoms with Crippen LogP contribution >= 0.6 is 0 Å². The smallest absolute Gasteiger partial charge is 0.343 e. The molecule has 2 aromatic carbocycles. The number of esters is 1. The van der Waals surface area contributed by atoms with Gasteiger partial charge in [-0.15, -0.1) is 0 Å². The largest absolute Gasteiger partial charge is 0.493 e. The molecule has 2 aromatic rings. The van der Waals surface area contributed by atoms with Gasteiger partial charge in [-0.1, -0.05) is 0 Å². The molecule has 0 saturated heterocycles. The van der Waals surface area contributed by atoms with Crippen LogP contribution in [0.15, 0.2) is 30.3 Å². The van der Waals surface area contributed by atoms with Gasteiger partial charge in [0.1, 0.15) is 5.56 Å². The summed E-state index contributed by atoms with van der Waals surface area (Å²) in [5.74, 6) is -3.81. The predicted octanol–water partition coefficient (Wildman–Crippen LogP) is 2.59. The number of methoxy groups -OCH3 is 2. The Kier molecular flexibility index (Phi) is 6.42. The zero-order chi connectivity index (χ0) is 20.0. The van der Waals surface area contributed by atoms with Crippen molar-refractivity contribution in [3.05, 3.63) is 53.1 Å². The molecule has 0 aliphatic carbocycles. The monoisotopic (exact) mass is 379 g/mol. The van der Waals surface area contributed by atoms with Gasteiger partial charge in [0, 0.05) is 17.3 Å². The van der Waals surface area contributed by atoms with Crippen LogP contribution in [0.25, 0.3) is 0 Å². The van der Waals surface area contributed by atoms with Gasteiger partial charge in [-0.25, -0.2) is 13.6 Å². The Balaban J connectivity index is 2.12. The molecule has 0 bridgehead atoms. The van der Waals surface area contributed by atoms with Crippen LogP contribution in [-0.2, 0) is 9.53 Å². The molecule has 0 aliphatic heterocycles. The van der Waals surface area contributed by atoms with E-state index in [4.69, 9.17) is 14.2 Å². The first-order valence-corrected chi connectivity index (χ1v) is 7.53. The lowest BCUT2D eigenvalue weighted by Crippen LogP contribution is -2.22. The summed E-state index contributed by atoms with van der Waals surface area (Å²) in [6.07, 6.45) is 0.430. The van der Waals surface area contributed by atoms with Crippen LogP contribution in [0.4, 0.5) is 14.5 Å². The van der Waals surface area contributed by atoms with Gasteiger partial charge in [-0.05, 0) is 24.3 Å². The molecule has 0 fully saturated rings. The van der Waals surface area contributed by atoms with Gasteiger partial charge < -0.3 is 19.5 Å². The third kappa shape index (κ3) is 4.57. The van der Waals surface area contributed by atoms with Crippen molar-refractivity contribution in [1.82, 2.24) is 0 Å². The van der Waals surface area contributed by atoms with E-state index in [1.54, 1.807) is 0 Å². The molecular weight excluding hydrogens is 364 g/mol. The van der Waals surface area contributed by atoms with Crippen LogP contribution in [0.5, 0.6) is 11.5 Å². The van der Waals surface area contributed by atoms with E-state index in [1.165, 1.54) is 26.4 Å². The number of hydrogen-bond donors (Lipinski definition) is 1. The highest BCUT2D eigenvalue weighted by molar-refractivity contribution is 6.03. The number of carbonyl (C=O) groups excluding carboxylic acids is 3. The molecule has 142 valence electrons. The predicted molar refractivity (Wildman–Crippen MR) is 90.2 cm³/mol. The normalized spacial score (nSPS) is 10.1. The Labute approximate surface area is 152 Å². The molecular formula is C18H15F2NO6. The molecule has 2 rings (SSSR count). The van der Waals surface area contributed by atoms with E-state index >= 15 is 0 Å². The van der Waals surface area contributed by atoms with E-state index in [0.717, 1.165) is 18.2 Å². The molecule has 0 atom stereocenters. The van der Waals surface area contributed by atoms with Gasteiger partial charge in [0.05, 0.1) is 14.2 Å². The second kappa shape index (κ2) is 8.75. The van der Waals surface area contributed by atoms with Crippen LogP contribution in [0, 0.1) is 11.6 Å². The quantitative estimate of drug-likeness (QED) is 0.587. The molecule has 27 heavy (non-hydrogen) atoms. The number of carbonyl (C=O) groups is 3. The van der Waals surface area contributed by atoms with Gasteiger partial charge in [-0.3, -0.25) is 9.59 Å². The summed E-state index contributed by atoms with van der Waals surface area (Å²) >= 11 is 0. The van der Waals surface area contributed by atoms with E-state index in [0.29, 0.717) is 6.29 Å². The van der Waals surface area contributed by atoms with Crippen molar-refractivity contribution in [3.8, 4) is 11.5 Å². The average Bonchev–Trinajstić information content (AvgIpc) is 2.67. The Hall–Kier alpha value is -3.49. The van der Waals surface area contributed by atoms with E-state index in [2.05, 4.69) is 5.32 Å². The maximum absolute atomic E-state index is 13.1. The van der Waals surface area contributed by atoms with Gasteiger partial charge >= 0.3 is 5.97 Å². The molecule has 1 N–H and O–H groups in total. The molecule has 0 unspecified atom stereocenters. The summed E-state index contributed by atoms with van der Waals surface area (Å²) in [6.45, 7) is -0.726. The molecule has 7 nitrogen and oxygen atoms in total. The number of ether oxygens (including phenoxy) is 3. The van der Waals surface area contributed by atoms with E-state index in [1.807, 2.05) is 0 Å². The highest BCUT2D eigenvalue weighted by atomic mass is 19.2. The second-order valence-electron chi connectivity index (χ2n) is 5.14. The Morgan fingerprint density at radius 2 is 1.81 bits per heavy atom. The topological polar surface area (TPSA) is 90.9 Å². The SMILES string of the molecule is COc1ccc(C=O)c(C(=O)OCC(=O)Nc2ccc(F)c(F)c2)c1OC. The van der Waals surface area contributed by atoms with Crippen LogP contribution in [-0.4, -0.2) is 39.0 Å². The van der Waals surface area contributed by atoms with Gasteiger partial charge in [0.15, 0.2) is 36.0 Å². The maximum atomic E-state index is 13.1. The fourth-order valence-corrected chi connectivity index (χ4v) is 2.23. The van der Waals surface area contributed by atoms with Crippen molar-refractivity contribution in [2.24, 2.45) is 0 Å². The van der Waals surface area contributed by atoms with Crippen LogP contribution in [0.3, 0.4) is 0 Å². The number of nitrogens with one attached hydrogen (secondary N) is 1. The first kappa shape index (κ1) is 19.8. The van der Waals surface area contributed by atoms with E-state index in [-0.39, 0.29) is 28.3 Å². The van der Waals surface area contributed by atoms with E-state index < -0.39 is 30.1 Å². The Morgan fingerprint density at radius 1 is 1.07 bits per heavy atom. The zero-order valence-corrected chi connectivity index (χ0v) is 14.4. The summed E-state index contributed by atoms with van der Waals surface area (Å²) < 4.78 is 41.0. The summed E-state index contributed by atoms with van der Waals surface area (Å²) in [4.78, 5) is 35.4. The number of amides is 1. The summed E-state index contributed by atoms with van der Waals surface area (Å²) in [5.41, 5.74) is -0.228. The maximum Gasteiger partial charge on any atom is 0.343 e. The van der Waals surface area contributed by atoms with Crippen molar-refractivity contribution in [2.45, 2.75) is 0 Å². The first-order valence-electron chi connectivity index (χ1n) is 7.53. The fourth-order valence-electron chi connectivity index (χ4n) is 2.23. The number of aldehydes is 1. The van der Waals surface area contributed by atoms with Crippen molar-refractivity contribution < 1.29 is 37.4 Å². The van der Waals surface area contributed by atoms with Gasteiger partial charge in [-0.2, -0.15) is 0 Å². The van der Waals surface area contributed by atoms with Gasteiger partial charge in [0.2, 0.25) is 0 Å². The lowest BCUT2D eigenvalue weighted by Gasteiger charge is -2.14. The van der Waals surface area contributed by atoms with Crippen molar-refractivity contribution in [1.29, 1.82) is 0 Å². The van der Waals surface area contributed by atoms with E-state index in [9.17, 15) is 23.2 Å². The minimum atomic E-state index is -1.14. The number of rotatable bonds is 7. The molecule has 0 saturated carbocycles. The highest BCUT2D eigenvalue weighted by Crippen LogP contribution is 2.33. The number of benzene rings is 2. The summed E-state index contributed by atoms with van der Waals surface area (Å²) in [5, 5.41) is 2.25. The molecule has 1 amide bonds. The molecule has 0 spiro atoms. The second-order valence-corrected chi connectivity index (χ2v) is 5.14. The van der Waals surface area contributed by atoms with Gasteiger partial charge in [0.25, 0.3) is 5.91 Å². The van der Waals surface area contributed by atoms with Crippen LogP contribution < -0.4 is 14.8 Å². The van der Waals surface area contributed by atoms with Crippen LogP contribution in [0.1, 0.15) is 20.7 Å². The summed E-state index contributed by atoms with van der Waals surface area (Å²) in [6, 6.07) is 5.55. The summed E-state index contributed by atoms with van der Waals surface area (Å²) in [7, 11) is 2.63. The van der Waals surface area contributed by atoms with Crippen molar-refractivity contribution in [3.63, 3.8) is 0 Å². The minimum absolute atomic E-state index is 0.0116. The average molecular weight is 379 g/mol. The van der Waals surface area contributed by atoms with Crippen LogP contribution in [0.2, 0.25) is 0 Å². The highest BCUT2D eigenvalue weighted by Gasteiger charge is 2.23. The molecule has 9 heteroatoms. The third-order valence-electron chi connectivity index (χ3n) is 3.45.